The van der Waals surface area contributed by atoms with Crippen LogP contribution in [0.1, 0.15) is 6.42 Å². The molecule has 0 atom stereocenters. The Morgan fingerprint density at radius 3 is 3.00 bits per heavy atom. The maximum Gasteiger partial charge on any atom is 0.406 e. The topological polar surface area (TPSA) is 62.1 Å². The van der Waals surface area contributed by atoms with Gasteiger partial charge in [0.2, 0.25) is 0 Å². The molecular weight excluding hydrogens is 120 g/mol. The van der Waals surface area contributed by atoms with E-state index in [1.54, 1.807) is 0 Å². The molecule has 0 aliphatic carbocycles. The van der Waals surface area contributed by atoms with Crippen LogP contribution in [0.25, 0.3) is 0 Å². The van der Waals surface area contributed by atoms with Crippen LogP contribution < -0.4 is 5.32 Å². The monoisotopic (exact) mass is 128 g/mol. The molecule has 0 rings (SSSR count). The van der Waals surface area contributed by atoms with E-state index < -0.39 is 6.09 Å². The van der Waals surface area contributed by atoms with Crippen molar-refractivity contribution in [1.82, 2.24) is 5.32 Å². The van der Waals surface area contributed by atoms with Crippen molar-refractivity contribution in [2.75, 3.05) is 13.7 Å². The third-order valence-corrected chi connectivity index (χ3v) is 0.692. The van der Waals surface area contributed by atoms with Gasteiger partial charge < -0.3 is 10.1 Å². The van der Waals surface area contributed by atoms with E-state index in [-0.39, 0.29) is 0 Å². The van der Waals surface area contributed by atoms with Crippen LogP contribution in [0.15, 0.2) is 0 Å². The minimum absolute atomic E-state index is 0.315. The number of hydrogen-bond acceptors (Lipinski definition) is 3. The Labute approximate surface area is 53.4 Å². The van der Waals surface area contributed by atoms with Gasteiger partial charge in [-0.1, -0.05) is 0 Å². The van der Waals surface area contributed by atoms with Gasteiger partial charge in [0, 0.05) is 6.54 Å². The first kappa shape index (κ1) is 7.76. The number of carbonyl (C=O) groups excluding carboxylic acids is 1. The molecule has 0 unspecified atom stereocenters. The highest BCUT2D eigenvalue weighted by Gasteiger charge is 1.93. The number of rotatable bonds is 2. The summed E-state index contributed by atoms with van der Waals surface area (Å²) in [6, 6.07) is 1.88. The Bertz CT molecular complexity index is 127. The van der Waals surface area contributed by atoms with Crippen LogP contribution in [-0.4, -0.2) is 19.7 Å². The fraction of sp³-hybridized carbons (Fsp3) is 0.600. The number of carbonyl (C=O) groups is 1. The minimum atomic E-state index is -0.495. The first-order chi connectivity index (χ1) is 4.31. The van der Waals surface area contributed by atoms with Crippen LogP contribution in [0.3, 0.4) is 0 Å². The predicted octanol–water partition coefficient (Wildman–Crippen LogP) is 0.256. The second kappa shape index (κ2) is 4.91. The lowest BCUT2D eigenvalue weighted by Gasteiger charge is -1.97. The zero-order valence-corrected chi connectivity index (χ0v) is 5.18. The third-order valence-electron chi connectivity index (χ3n) is 0.692. The number of alkyl carbamates (subject to hydrolysis) is 1. The molecule has 0 fully saturated rings. The normalized spacial score (nSPS) is 7.56. The zero-order chi connectivity index (χ0) is 7.11. The first-order valence-electron chi connectivity index (χ1n) is 2.50. The molecule has 0 aliphatic heterocycles. The number of methoxy groups -OCH3 is 1. The minimum Gasteiger partial charge on any atom is -0.453 e. The van der Waals surface area contributed by atoms with Crippen molar-refractivity contribution < 1.29 is 9.53 Å². The highest BCUT2D eigenvalue weighted by atomic mass is 16.5. The molecule has 0 aromatic heterocycles. The Morgan fingerprint density at radius 1 is 1.89 bits per heavy atom. The van der Waals surface area contributed by atoms with Gasteiger partial charge in [-0.3, -0.25) is 0 Å². The van der Waals surface area contributed by atoms with Gasteiger partial charge in [-0.15, -0.1) is 0 Å². The molecule has 0 aliphatic rings. The van der Waals surface area contributed by atoms with Crippen molar-refractivity contribution in [3.63, 3.8) is 0 Å². The molecule has 1 N–H and O–H groups in total. The van der Waals surface area contributed by atoms with E-state index in [0.717, 1.165) is 0 Å². The quantitative estimate of drug-likeness (QED) is 0.542. The van der Waals surface area contributed by atoms with Crippen molar-refractivity contribution in [3.05, 3.63) is 0 Å². The van der Waals surface area contributed by atoms with E-state index in [9.17, 15) is 4.79 Å². The second-order valence-corrected chi connectivity index (χ2v) is 1.33. The second-order valence-electron chi connectivity index (χ2n) is 1.33. The number of nitriles is 1. The summed E-state index contributed by atoms with van der Waals surface area (Å²) in [7, 11) is 1.28. The van der Waals surface area contributed by atoms with Crippen molar-refractivity contribution in [3.8, 4) is 6.07 Å². The van der Waals surface area contributed by atoms with Crippen molar-refractivity contribution in [1.29, 1.82) is 5.26 Å². The molecule has 9 heavy (non-hydrogen) atoms. The predicted molar refractivity (Wildman–Crippen MR) is 30.6 cm³/mol. The summed E-state index contributed by atoms with van der Waals surface area (Å²) in [4.78, 5) is 10.2. The van der Waals surface area contributed by atoms with Gasteiger partial charge in [0.15, 0.2) is 0 Å². The van der Waals surface area contributed by atoms with E-state index in [1.165, 1.54) is 7.11 Å². The van der Waals surface area contributed by atoms with E-state index in [1.807, 2.05) is 6.07 Å². The van der Waals surface area contributed by atoms with Gasteiger partial charge in [-0.25, -0.2) is 4.79 Å². The summed E-state index contributed by atoms with van der Waals surface area (Å²) in [5.74, 6) is 0. The summed E-state index contributed by atoms with van der Waals surface area (Å²) < 4.78 is 4.24. The van der Waals surface area contributed by atoms with Crippen LogP contribution in [-0.2, 0) is 4.74 Å². The molecule has 0 aromatic carbocycles. The van der Waals surface area contributed by atoms with E-state index in [2.05, 4.69) is 10.1 Å². The Balaban J connectivity index is 3.09. The lowest BCUT2D eigenvalue weighted by molar-refractivity contribution is 0.171. The summed E-state index contributed by atoms with van der Waals surface area (Å²) in [6.45, 7) is 0.350. The molecular formula is C5H8N2O2. The maximum atomic E-state index is 10.2. The Hall–Kier alpha value is -1.24. The lowest BCUT2D eigenvalue weighted by Crippen LogP contribution is -2.23. The molecule has 0 aromatic rings. The largest absolute Gasteiger partial charge is 0.453 e. The fourth-order valence-corrected chi connectivity index (χ4v) is 0.293. The highest BCUT2D eigenvalue weighted by Crippen LogP contribution is 1.73. The number of hydrogen-bond donors (Lipinski definition) is 1. The van der Waals surface area contributed by atoms with Crippen LogP contribution >= 0.6 is 0 Å². The third kappa shape index (κ3) is 4.62. The SMILES string of the molecule is COC(=O)NCCC#N. The molecule has 50 valence electrons. The molecule has 0 saturated heterocycles. The van der Waals surface area contributed by atoms with Gasteiger partial charge in [0.1, 0.15) is 0 Å². The molecule has 0 bridgehead atoms. The van der Waals surface area contributed by atoms with E-state index >= 15 is 0 Å². The van der Waals surface area contributed by atoms with Crippen LogP contribution in [0, 0.1) is 11.3 Å². The summed E-state index contributed by atoms with van der Waals surface area (Å²) in [5.41, 5.74) is 0. The molecule has 4 heteroatoms. The number of nitrogens with one attached hydrogen (secondary N) is 1. The van der Waals surface area contributed by atoms with Gasteiger partial charge in [-0.05, 0) is 0 Å². The van der Waals surface area contributed by atoms with Crippen molar-refractivity contribution in [2.45, 2.75) is 6.42 Å². The van der Waals surface area contributed by atoms with Gasteiger partial charge in [0.05, 0.1) is 19.6 Å². The average molecular weight is 128 g/mol. The lowest BCUT2D eigenvalue weighted by atomic mass is 10.5. The van der Waals surface area contributed by atoms with Crippen LogP contribution in [0.5, 0.6) is 0 Å². The summed E-state index contributed by atoms with van der Waals surface area (Å²) >= 11 is 0. The number of ether oxygens (including phenoxy) is 1. The molecule has 4 nitrogen and oxygen atoms in total. The van der Waals surface area contributed by atoms with Gasteiger partial charge >= 0.3 is 6.09 Å². The number of amides is 1. The molecule has 1 amide bonds. The summed E-state index contributed by atoms with van der Waals surface area (Å²) in [6.07, 6.45) is -0.181. The molecule has 0 saturated carbocycles. The number of nitrogens with zero attached hydrogens (tertiary/aromatic N) is 1. The van der Waals surface area contributed by atoms with Crippen LogP contribution in [0.2, 0.25) is 0 Å². The van der Waals surface area contributed by atoms with Gasteiger partial charge in [0.25, 0.3) is 0 Å². The first-order valence-corrected chi connectivity index (χ1v) is 2.50. The highest BCUT2D eigenvalue weighted by molar-refractivity contribution is 5.66. The Morgan fingerprint density at radius 2 is 2.56 bits per heavy atom. The van der Waals surface area contributed by atoms with Crippen molar-refractivity contribution in [2.24, 2.45) is 0 Å². The van der Waals surface area contributed by atoms with Gasteiger partial charge in [-0.2, -0.15) is 5.26 Å². The zero-order valence-electron chi connectivity index (χ0n) is 5.18. The van der Waals surface area contributed by atoms with Crippen molar-refractivity contribution >= 4 is 6.09 Å². The standard InChI is InChI=1S/C5H8N2O2/c1-9-5(8)7-4-2-3-6/h2,4H2,1H3,(H,7,8). The van der Waals surface area contributed by atoms with Crippen LogP contribution in [0.4, 0.5) is 4.79 Å². The Kier molecular flexibility index (Phi) is 4.23. The van der Waals surface area contributed by atoms with E-state index in [4.69, 9.17) is 5.26 Å². The fourth-order valence-electron chi connectivity index (χ4n) is 0.293. The smallest absolute Gasteiger partial charge is 0.406 e. The van der Waals surface area contributed by atoms with E-state index in [0.29, 0.717) is 13.0 Å². The average Bonchev–Trinajstić information content (AvgIpc) is 1.89. The molecule has 0 spiro atoms. The summed E-state index contributed by atoms with van der Waals surface area (Å²) in [5, 5.41) is 10.4. The maximum absolute atomic E-state index is 10.2. The molecule has 0 heterocycles. The molecule has 0 radical (unpaired) electrons.